The smallest absolute Gasteiger partial charge is 0.465 e. The van der Waals surface area contributed by atoms with E-state index in [1.807, 2.05) is 27.7 Å². The summed E-state index contributed by atoms with van der Waals surface area (Å²) in [6, 6.07) is 5.00. The molecule has 20 heavy (non-hydrogen) atoms. The van der Waals surface area contributed by atoms with Gasteiger partial charge in [-0.15, -0.1) is 0 Å². The topological polar surface area (TPSA) is 44.8 Å². The lowest BCUT2D eigenvalue weighted by Crippen LogP contribution is -2.41. The third-order valence-corrected chi connectivity index (χ3v) is 4.16. The molecule has 0 amide bonds. The van der Waals surface area contributed by atoms with E-state index in [-0.39, 0.29) is 0 Å². The third-order valence-electron chi connectivity index (χ3n) is 3.93. The summed E-state index contributed by atoms with van der Waals surface area (Å²) in [4.78, 5) is 11.9. The predicted molar refractivity (Wildman–Crippen MR) is 78.5 cm³/mol. The minimum absolute atomic E-state index is 0.360. The first kappa shape index (κ1) is 15.4. The summed E-state index contributed by atoms with van der Waals surface area (Å²) in [7, 11) is 0.712. The number of carbonyl (C=O) groups excluding carboxylic acids is 1. The lowest BCUT2D eigenvalue weighted by atomic mass is 9.76. The van der Waals surface area contributed by atoms with E-state index in [1.54, 1.807) is 18.2 Å². The van der Waals surface area contributed by atoms with Gasteiger partial charge in [-0.2, -0.15) is 0 Å². The van der Waals surface area contributed by atoms with Crippen LogP contribution >= 0.6 is 11.6 Å². The highest BCUT2D eigenvalue weighted by atomic mass is 35.5. The third kappa shape index (κ3) is 2.58. The number of hydrogen-bond acceptors (Lipinski definition) is 4. The molecule has 1 fully saturated rings. The number of benzene rings is 1. The molecule has 0 spiro atoms. The summed E-state index contributed by atoms with van der Waals surface area (Å²) in [5.41, 5.74) is 0.0495. The number of rotatable bonds is 2. The first-order valence-electron chi connectivity index (χ1n) is 6.41. The molecule has 1 saturated heterocycles. The lowest BCUT2D eigenvalue weighted by Gasteiger charge is -2.32. The van der Waals surface area contributed by atoms with Crippen LogP contribution in [0.3, 0.4) is 0 Å². The molecule has 0 aliphatic carbocycles. The Morgan fingerprint density at radius 3 is 2.25 bits per heavy atom. The van der Waals surface area contributed by atoms with Crippen LogP contribution in [0.1, 0.15) is 38.1 Å². The molecule has 0 radical (unpaired) electrons. The van der Waals surface area contributed by atoms with Crippen molar-refractivity contribution in [2.75, 3.05) is 7.11 Å². The van der Waals surface area contributed by atoms with E-state index in [0.29, 0.717) is 16.0 Å². The van der Waals surface area contributed by atoms with E-state index in [0.717, 1.165) is 0 Å². The fraction of sp³-hybridized carbons (Fsp3) is 0.500. The second-order valence-electron chi connectivity index (χ2n) is 5.81. The molecule has 0 saturated carbocycles. The number of esters is 1. The maximum atomic E-state index is 11.9. The standard InChI is InChI=1S/C14H18BClO4/c1-13(2)14(3,4)20-15(19-13)11-7-6-9(16)8-10(11)12(17)18-5/h6-8H,1-5H3. The monoisotopic (exact) mass is 296 g/mol. The Morgan fingerprint density at radius 1 is 1.20 bits per heavy atom. The van der Waals surface area contributed by atoms with E-state index >= 15 is 0 Å². The van der Waals surface area contributed by atoms with Crippen molar-refractivity contribution in [3.63, 3.8) is 0 Å². The van der Waals surface area contributed by atoms with Crippen LogP contribution in [0.5, 0.6) is 0 Å². The van der Waals surface area contributed by atoms with Crippen LogP contribution < -0.4 is 5.46 Å². The van der Waals surface area contributed by atoms with Gasteiger partial charge in [-0.25, -0.2) is 4.79 Å². The Bertz CT molecular complexity index is 526. The van der Waals surface area contributed by atoms with Crippen LogP contribution in [0.4, 0.5) is 0 Å². The van der Waals surface area contributed by atoms with Gasteiger partial charge in [0.1, 0.15) is 0 Å². The van der Waals surface area contributed by atoms with Crippen molar-refractivity contribution in [3.8, 4) is 0 Å². The second-order valence-corrected chi connectivity index (χ2v) is 6.25. The fourth-order valence-corrected chi connectivity index (χ4v) is 2.16. The SMILES string of the molecule is COC(=O)c1cc(Cl)ccc1B1OC(C)(C)C(C)(C)O1. The van der Waals surface area contributed by atoms with E-state index in [9.17, 15) is 4.79 Å². The molecule has 1 heterocycles. The normalized spacial score (nSPS) is 20.0. The average molecular weight is 297 g/mol. The molecular weight excluding hydrogens is 278 g/mol. The van der Waals surface area contributed by atoms with Crippen molar-refractivity contribution in [1.82, 2.24) is 0 Å². The Balaban J connectivity index is 2.42. The highest BCUT2D eigenvalue weighted by molar-refractivity contribution is 6.63. The molecule has 4 nitrogen and oxygen atoms in total. The lowest BCUT2D eigenvalue weighted by molar-refractivity contribution is 0.00578. The quantitative estimate of drug-likeness (QED) is 0.621. The fourth-order valence-electron chi connectivity index (χ4n) is 1.99. The molecule has 2 rings (SSSR count). The summed E-state index contributed by atoms with van der Waals surface area (Å²) in [6.45, 7) is 7.84. The van der Waals surface area contributed by atoms with Crippen LogP contribution in [0.2, 0.25) is 5.02 Å². The van der Waals surface area contributed by atoms with Crippen LogP contribution in [-0.4, -0.2) is 31.4 Å². The Hall–Kier alpha value is -1.04. The van der Waals surface area contributed by atoms with Crippen LogP contribution in [0, 0.1) is 0 Å². The molecule has 0 unspecified atom stereocenters. The summed E-state index contributed by atoms with van der Waals surface area (Å²) in [6.07, 6.45) is 0. The first-order chi connectivity index (χ1) is 9.18. The van der Waals surface area contributed by atoms with Crippen molar-refractivity contribution in [2.45, 2.75) is 38.9 Å². The van der Waals surface area contributed by atoms with Gasteiger partial charge < -0.3 is 14.0 Å². The van der Waals surface area contributed by atoms with Crippen molar-refractivity contribution < 1.29 is 18.8 Å². The zero-order valence-corrected chi connectivity index (χ0v) is 13.1. The second kappa shape index (κ2) is 5.06. The van der Waals surface area contributed by atoms with E-state index in [2.05, 4.69) is 0 Å². The number of methoxy groups -OCH3 is 1. The van der Waals surface area contributed by atoms with Gasteiger partial charge in [0, 0.05) is 5.02 Å². The summed E-state index contributed by atoms with van der Waals surface area (Å²) in [5, 5.41) is 0.464. The molecule has 0 atom stereocenters. The van der Waals surface area contributed by atoms with E-state index < -0.39 is 24.3 Å². The molecule has 0 aromatic heterocycles. The number of halogens is 1. The highest BCUT2D eigenvalue weighted by Crippen LogP contribution is 2.36. The van der Waals surface area contributed by atoms with Gasteiger partial charge >= 0.3 is 13.1 Å². The molecular formula is C14H18BClO4. The van der Waals surface area contributed by atoms with Gasteiger partial charge in [0.25, 0.3) is 0 Å². The molecule has 108 valence electrons. The van der Waals surface area contributed by atoms with Gasteiger partial charge in [-0.05, 0) is 45.3 Å². The minimum Gasteiger partial charge on any atom is -0.465 e. The molecule has 1 aliphatic rings. The molecule has 1 aromatic carbocycles. The van der Waals surface area contributed by atoms with Crippen LogP contribution in [-0.2, 0) is 14.0 Å². The van der Waals surface area contributed by atoms with Crippen molar-refractivity contribution >= 4 is 30.2 Å². The Morgan fingerprint density at radius 2 is 1.75 bits per heavy atom. The highest BCUT2D eigenvalue weighted by Gasteiger charge is 2.52. The Labute approximate surface area is 124 Å². The van der Waals surface area contributed by atoms with Gasteiger partial charge in [-0.1, -0.05) is 17.7 Å². The maximum absolute atomic E-state index is 11.9. The predicted octanol–water partition coefficient (Wildman–Crippen LogP) is 2.43. The summed E-state index contributed by atoms with van der Waals surface area (Å²) in [5.74, 6) is -0.461. The van der Waals surface area contributed by atoms with Crippen molar-refractivity contribution in [3.05, 3.63) is 28.8 Å². The van der Waals surface area contributed by atoms with E-state index in [4.69, 9.17) is 25.6 Å². The van der Waals surface area contributed by atoms with Crippen LogP contribution in [0.25, 0.3) is 0 Å². The van der Waals surface area contributed by atoms with Gasteiger partial charge in [0.15, 0.2) is 0 Å². The summed E-state index contributed by atoms with van der Waals surface area (Å²) < 4.78 is 16.7. The first-order valence-corrected chi connectivity index (χ1v) is 6.79. The van der Waals surface area contributed by atoms with Gasteiger partial charge in [0.2, 0.25) is 0 Å². The molecule has 6 heteroatoms. The molecule has 1 aromatic rings. The van der Waals surface area contributed by atoms with Gasteiger partial charge in [-0.3, -0.25) is 0 Å². The maximum Gasteiger partial charge on any atom is 0.495 e. The molecule has 0 N–H and O–H groups in total. The zero-order chi connectivity index (χ0) is 15.1. The Kier molecular flexibility index (Phi) is 3.89. The minimum atomic E-state index is -0.619. The molecule has 1 aliphatic heterocycles. The van der Waals surface area contributed by atoms with Crippen LogP contribution in [0.15, 0.2) is 18.2 Å². The average Bonchev–Trinajstić information content (AvgIpc) is 2.57. The number of carbonyl (C=O) groups is 1. The molecule has 0 bridgehead atoms. The zero-order valence-electron chi connectivity index (χ0n) is 12.3. The number of ether oxygens (including phenoxy) is 1. The largest absolute Gasteiger partial charge is 0.495 e. The van der Waals surface area contributed by atoms with Crippen molar-refractivity contribution in [1.29, 1.82) is 0 Å². The number of hydrogen-bond donors (Lipinski definition) is 0. The summed E-state index contributed by atoms with van der Waals surface area (Å²) >= 11 is 5.95. The van der Waals surface area contributed by atoms with Crippen molar-refractivity contribution in [2.24, 2.45) is 0 Å². The van der Waals surface area contributed by atoms with Gasteiger partial charge in [0.05, 0.1) is 23.9 Å². The van der Waals surface area contributed by atoms with E-state index in [1.165, 1.54) is 7.11 Å².